The van der Waals surface area contributed by atoms with Crippen molar-refractivity contribution in [2.75, 3.05) is 6.61 Å². The Morgan fingerprint density at radius 1 is 1.40 bits per heavy atom. The Morgan fingerprint density at radius 3 is 2.67 bits per heavy atom. The van der Waals surface area contributed by atoms with Crippen LogP contribution >= 0.6 is 0 Å². The first-order valence-corrected chi connectivity index (χ1v) is 5.19. The molecular weight excluding hydrogens is 198 g/mol. The van der Waals surface area contributed by atoms with E-state index in [4.69, 9.17) is 4.74 Å². The van der Waals surface area contributed by atoms with Crippen molar-refractivity contribution in [1.29, 1.82) is 0 Å². The number of imide groups is 1. The minimum atomic E-state index is -1.03. The zero-order valence-electron chi connectivity index (χ0n) is 8.45. The van der Waals surface area contributed by atoms with Crippen molar-refractivity contribution in [3.8, 4) is 0 Å². The third-order valence-electron chi connectivity index (χ3n) is 4.49. The van der Waals surface area contributed by atoms with Gasteiger partial charge in [-0.25, -0.2) is 0 Å². The van der Waals surface area contributed by atoms with Crippen LogP contribution in [0.5, 0.6) is 0 Å². The van der Waals surface area contributed by atoms with E-state index in [1.807, 2.05) is 0 Å². The molecule has 0 aromatic rings. The summed E-state index contributed by atoms with van der Waals surface area (Å²) in [4.78, 5) is 23.7. The van der Waals surface area contributed by atoms with Gasteiger partial charge >= 0.3 is 0 Å². The fourth-order valence-corrected chi connectivity index (χ4v) is 3.46. The molecule has 3 aliphatic rings. The van der Waals surface area contributed by atoms with Crippen molar-refractivity contribution in [3.05, 3.63) is 0 Å². The molecule has 82 valence electrons. The van der Waals surface area contributed by atoms with Crippen molar-refractivity contribution in [2.24, 2.45) is 10.8 Å². The van der Waals surface area contributed by atoms with Gasteiger partial charge < -0.3 is 9.84 Å². The highest BCUT2D eigenvalue weighted by Gasteiger charge is 2.76. The van der Waals surface area contributed by atoms with E-state index in [1.165, 1.54) is 0 Å². The topological polar surface area (TPSA) is 75.6 Å². The number of amides is 2. The van der Waals surface area contributed by atoms with E-state index in [0.29, 0.717) is 0 Å². The summed E-state index contributed by atoms with van der Waals surface area (Å²) in [6.45, 7) is 1.41. The molecule has 0 spiro atoms. The van der Waals surface area contributed by atoms with E-state index in [0.717, 1.165) is 12.8 Å². The molecule has 0 aliphatic carbocycles. The predicted molar refractivity (Wildman–Crippen MR) is 48.7 cm³/mol. The number of hydrogen-bond acceptors (Lipinski definition) is 4. The van der Waals surface area contributed by atoms with Gasteiger partial charge in [-0.05, 0) is 19.8 Å². The summed E-state index contributed by atoms with van der Waals surface area (Å²) in [5.41, 5.74) is -1.91. The lowest BCUT2D eigenvalue weighted by Crippen LogP contribution is -2.53. The molecule has 4 atom stereocenters. The molecule has 3 fully saturated rings. The Bertz CT molecular complexity index is 368. The summed E-state index contributed by atoms with van der Waals surface area (Å²) >= 11 is 0. The number of fused-ring (bicyclic) bond motifs is 5. The van der Waals surface area contributed by atoms with Crippen LogP contribution in [-0.2, 0) is 14.3 Å². The minimum absolute atomic E-state index is 0.221. The largest absolute Gasteiger partial charge is 0.395 e. The monoisotopic (exact) mass is 211 g/mol. The number of carbonyl (C=O) groups is 2. The Hall–Kier alpha value is -0.940. The highest BCUT2D eigenvalue weighted by atomic mass is 16.5. The van der Waals surface area contributed by atoms with Gasteiger partial charge in [0.1, 0.15) is 5.41 Å². The SMILES string of the molecule is CC12C(=O)NC(=O)C1(CO)C1CCC2O1. The van der Waals surface area contributed by atoms with Crippen molar-refractivity contribution < 1.29 is 19.4 Å². The minimum Gasteiger partial charge on any atom is -0.395 e. The van der Waals surface area contributed by atoms with Gasteiger partial charge in [0.2, 0.25) is 11.8 Å². The van der Waals surface area contributed by atoms with Crippen molar-refractivity contribution >= 4 is 11.8 Å². The second-order valence-electron chi connectivity index (χ2n) is 4.81. The van der Waals surface area contributed by atoms with Crippen LogP contribution < -0.4 is 5.32 Å². The molecular formula is C10H13NO4. The van der Waals surface area contributed by atoms with Crippen LogP contribution in [0.15, 0.2) is 0 Å². The first-order valence-electron chi connectivity index (χ1n) is 5.19. The second-order valence-corrected chi connectivity index (χ2v) is 4.81. The maximum Gasteiger partial charge on any atom is 0.238 e. The predicted octanol–water partition coefficient (Wildman–Crippen LogP) is -0.811. The van der Waals surface area contributed by atoms with Gasteiger partial charge in [-0.3, -0.25) is 14.9 Å². The van der Waals surface area contributed by atoms with Crippen LogP contribution in [0.3, 0.4) is 0 Å². The van der Waals surface area contributed by atoms with E-state index in [9.17, 15) is 14.7 Å². The summed E-state index contributed by atoms with van der Waals surface area (Å²) in [5, 5.41) is 11.8. The molecule has 5 heteroatoms. The molecule has 0 aromatic heterocycles. The van der Waals surface area contributed by atoms with E-state index in [1.54, 1.807) is 6.92 Å². The fraction of sp³-hybridized carbons (Fsp3) is 0.800. The molecule has 2 N–H and O–H groups in total. The molecule has 0 radical (unpaired) electrons. The zero-order chi connectivity index (χ0) is 10.8. The first-order chi connectivity index (χ1) is 7.07. The quantitative estimate of drug-likeness (QED) is 0.556. The highest BCUT2D eigenvalue weighted by molar-refractivity contribution is 6.11. The third kappa shape index (κ3) is 0.692. The molecule has 0 saturated carbocycles. The third-order valence-corrected chi connectivity index (χ3v) is 4.49. The lowest BCUT2D eigenvalue weighted by Gasteiger charge is -2.37. The molecule has 0 aromatic carbocycles. The fourth-order valence-electron chi connectivity index (χ4n) is 3.46. The molecule has 2 bridgehead atoms. The van der Waals surface area contributed by atoms with E-state index >= 15 is 0 Å². The highest BCUT2D eigenvalue weighted by Crippen LogP contribution is 2.61. The van der Waals surface area contributed by atoms with Crippen LogP contribution in [0.25, 0.3) is 0 Å². The van der Waals surface area contributed by atoms with Gasteiger partial charge in [-0.15, -0.1) is 0 Å². The second kappa shape index (κ2) is 2.41. The average Bonchev–Trinajstić information content (AvgIpc) is 2.80. The molecule has 3 heterocycles. The van der Waals surface area contributed by atoms with Gasteiger partial charge in [0, 0.05) is 0 Å². The first kappa shape index (κ1) is 9.30. The van der Waals surface area contributed by atoms with Crippen LogP contribution in [0.2, 0.25) is 0 Å². The summed E-state index contributed by atoms with van der Waals surface area (Å²) in [7, 11) is 0. The van der Waals surface area contributed by atoms with Crippen molar-refractivity contribution in [2.45, 2.75) is 32.0 Å². The summed E-state index contributed by atoms with van der Waals surface area (Å²) in [6.07, 6.45) is 1.02. The van der Waals surface area contributed by atoms with Gasteiger partial charge in [0.15, 0.2) is 0 Å². The summed E-state index contributed by atoms with van der Waals surface area (Å²) in [6, 6.07) is 0. The Balaban J connectivity index is 2.21. The van der Waals surface area contributed by atoms with Crippen LogP contribution in [0.1, 0.15) is 19.8 Å². The van der Waals surface area contributed by atoms with Gasteiger partial charge in [0.05, 0.1) is 24.2 Å². The molecule has 3 aliphatic heterocycles. The van der Waals surface area contributed by atoms with Crippen LogP contribution in [0.4, 0.5) is 0 Å². The number of aliphatic hydroxyl groups excluding tert-OH is 1. The number of hydrogen-bond donors (Lipinski definition) is 2. The van der Waals surface area contributed by atoms with Gasteiger partial charge in [0.25, 0.3) is 0 Å². The van der Waals surface area contributed by atoms with E-state index in [2.05, 4.69) is 5.32 Å². The van der Waals surface area contributed by atoms with Crippen LogP contribution in [-0.4, -0.2) is 35.7 Å². The van der Waals surface area contributed by atoms with Crippen molar-refractivity contribution in [3.63, 3.8) is 0 Å². The maximum atomic E-state index is 11.8. The van der Waals surface area contributed by atoms with E-state index in [-0.39, 0.29) is 30.6 Å². The smallest absolute Gasteiger partial charge is 0.238 e. The molecule has 15 heavy (non-hydrogen) atoms. The summed E-state index contributed by atoms with van der Waals surface area (Å²) < 4.78 is 5.64. The lowest BCUT2D eigenvalue weighted by molar-refractivity contribution is -0.138. The van der Waals surface area contributed by atoms with Gasteiger partial charge in [-0.1, -0.05) is 0 Å². The maximum absolute atomic E-state index is 11.8. The normalized spacial score (nSPS) is 52.1. The Labute approximate surface area is 86.8 Å². The standard InChI is InChI=1S/C10H13NO4/c1-9-5-2-3-6(15-5)10(9,4-12)8(14)11-7(9)13/h5-6,12H,2-4H2,1H3,(H,11,13,14). The Morgan fingerprint density at radius 2 is 2.07 bits per heavy atom. The Kier molecular flexibility index (Phi) is 1.50. The lowest BCUT2D eigenvalue weighted by atomic mass is 9.58. The molecule has 3 saturated heterocycles. The average molecular weight is 211 g/mol. The van der Waals surface area contributed by atoms with Crippen molar-refractivity contribution in [1.82, 2.24) is 5.32 Å². The molecule has 4 unspecified atom stereocenters. The number of nitrogens with one attached hydrogen (secondary N) is 1. The van der Waals surface area contributed by atoms with Crippen LogP contribution in [0, 0.1) is 10.8 Å². The number of rotatable bonds is 1. The summed E-state index contributed by atoms with van der Waals surface area (Å²) in [5.74, 6) is -0.668. The molecule has 5 nitrogen and oxygen atoms in total. The van der Waals surface area contributed by atoms with E-state index < -0.39 is 10.8 Å². The number of ether oxygens (including phenoxy) is 1. The number of carbonyl (C=O) groups excluding carboxylic acids is 2. The van der Waals surface area contributed by atoms with Gasteiger partial charge in [-0.2, -0.15) is 0 Å². The number of aliphatic hydroxyl groups is 1. The molecule has 3 rings (SSSR count). The molecule has 2 amide bonds. The zero-order valence-corrected chi connectivity index (χ0v) is 8.45.